The Labute approximate surface area is 208 Å². The summed E-state index contributed by atoms with van der Waals surface area (Å²) in [5.41, 5.74) is 8.99. The summed E-state index contributed by atoms with van der Waals surface area (Å²) in [7, 11) is 0. The Morgan fingerprint density at radius 2 is 2.06 bits per heavy atom. The van der Waals surface area contributed by atoms with E-state index < -0.39 is 24.0 Å². The minimum absolute atomic E-state index is 0.0694. The van der Waals surface area contributed by atoms with Gasteiger partial charge in [0.05, 0.1) is 13.2 Å². The van der Waals surface area contributed by atoms with Crippen LogP contribution in [0.3, 0.4) is 0 Å². The summed E-state index contributed by atoms with van der Waals surface area (Å²) in [6, 6.07) is 12.2. The van der Waals surface area contributed by atoms with Gasteiger partial charge in [0.1, 0.15) is 5.84 Å². The normalized spacial score (nSPS) is 22.3. The molecule has 2 saturated heterocycles. The second-order valence-corrected chi connectivity index (χ2v) is 9.33. The maximum Gasteiger partial charge on any atom is 0.259 e. The number of hydrogen-bond acceptors (Lipinski definition) is 7. The molecule has 3 heterocycles. The second kappa shape index (κ2) is 9.71. The highest BCUT2D eigenvalue weighted by atomic mass is 16.5. The summed E-state index contributed by atoms with van der Waals surface area (Å²) in [6.07, 6.45) is -1.14. The van der Waals surface area contributed by atoms with Crippen LogP contribution in [-0.4, -0.2) is 71.5 Å². The van der Waals surface area contributed by atoms with Crippen molar-refractivity contribution in [3.8, 4) is 0 Å². The first kappa shape index (κ1) is 24.0. The lowest BCUT2D eigenvalue weighted by Gasteiger charge is -2.34. The van der Waals surface area contributed by atoms with Gasteiger partial charge in [0, 0.05) is 41.6 Å². The summed E-state index contributed by atoms with van der Waals surface area (Å²) in [4.78, 5) is 46.5. The number of fused-ring (bicyclic) bond motifs is 1. The lowest BCUT2D eigenvalue weighted by Crippen LogP contribution is -2.55. The summed E-state index contributed by atoms with van der Waals surface area (Å²) in [5, 5.41) is 13.3. The number of nitrogens with two attached hydrogens (primary N) is 1. The maximum atomic E-state index is 13.2. The van der Waals surface area contributed by atoms with Gasteiger partial charge < -0.3 is 30.7 Å². The Balaban J connectivity index is 1.28. The average molecular weight is 492 g/mol. The summed E-state index contributed by atoms with van der Waals surface area (Å²) >= 11 is 0. The number of likely N-dealkylation sites (tertiary alicyclic amines) is 1. The van der Waals surface area contributed by atoms with E-state index in [4.69, 9.17) is 10.5 Å². The lowest BCUT2D eigenvalue weighted by atomic mass is 10.1. The van der Waals surface area contributed by atoms with Gasteiger partial charge in [-0.25, -0.2) is 0 Å². The number of ether oxygens (including phenoxy) is 1. The monoisotopic (exact) mass is 491 g/mol. The first-order chi connectivity index (χ1) is 17.3. The van der Waals surface area contributed by atoms with Gasteiger partial charge in [-0.2, -0.15) is 0 Å². The van der Waals surface area contributed by atoms with Crippen LogP contribution in [0.2, 0.25) is 0 Å². The number of amides is 3. The van der Waals surface area contributed by atoms with Gasteiger partial charge in [0.15, 0.2) is 12.2 Å². The highest BCUT2D eigenvalue weighted by Gasteiger charge is 2.39. The molecule has 0 radical (unpaired) electrons. The Kier molecular flexibility index (Phi) is 6.46. The van der Waals surface area contributed by atoms with Crippen molar-refractivity contribution in [2.24, 2.45) is 10.7 Å². The number of carbonyl (C=O) groups is 3. The molecule has 36 heavy (non-hydrogen) atoms. The predicted molar refractivity (Wildman–Crippen MR) is 134 cm³/mol. The first-order valence-corrected chi connectivity index (χ1v) is 12.1. The minimum atomic E-state index is -1.72. The smallest absolute Gasteiger partial charge is 0.259 e. The molecule has 5 rings (SSSR count). The predicted octanol–water partition coefficient (Wildman–Crippen LogP) is 1.26. The van der Waals surface area contributed by atoms with E-state index >= 15 is 0 Å². The second-order valence-electron chi connectivity index (χ2n) is 9.33. The van der Waals surface area contributed by atoms with Gasteiger partial charge in [-0.15, -0.1) is 0 Å². The molecule has 188 valence electrons. The van der Waals surface area contributed by atoms with Crippen molar-refractivity contribution in [2.75, 3.05) is 29.9 Å². The molecule has 0 bridgehead atoms. The standard InChI is InChI=1S/C26H29N5O5/c1-15-4-3-9-30(15)25(34)16-5-2-6-19(13-16)31-10-11-36-22(26(31)35)21(32)24(33)29-18-7-8-20-17(12-18)14-28-23(20)27/h2,5-8,12-13,15,21-22,32H,3-4,9-11,14H2,1H3,(H2,27,28)(H,29,33)/t15-,21-,22-/m1/s1. The molecule has 3 aliphatic rings. The van der Waals surface area contributed by atoms with Crippen LogP contribution in [0.4, 0.5) is 11.4 Å². The van der Waals surface area contributed by atoms with E-state index in [1.807, 2.05) is 11.8 Å². The van der Waals surface area contributed by atoms with E-state index in [0.717, 1.165) is 24.0 Å². The molecule has 3 aliphatic heterocycles. The van der Waals surface area contributed by atoms with E-state index in [0.29, 0.717) is 35.9 Å². The Hall–Kier alpha value is -3.76. The Morgan fingerprint density at radius 3 is 2.83 bits per heavy atom. The molecule has 4 N–H and O–H groups in total. The van der Waals surface area contributed by atoms with E-state index in [9.17, 15) is 19.5 Å². The third-order valence-electron chi connectivity index (χ3n) is 6.96. The van der Waals surface area contributed by atoms with Crippen molar-refractivity contribution in [3.05, 3.63) is 59.2 Å². The molecule has 2 fully saturated rings. The zero-order valence-corrected chi connectivity index (χ0v) is 20.0. The Morgan fingerprint density at radius 1 is 1.22 bits per heavy atom. The molecule has 0 aromatic heterocycles. The SMILES string of the molecule is C[C@@H]1CCCN1C(=O)c1cccc(N2CCO[C@H]([C@@H](O)C(=O)Nc3ccc4c(c3)CN=C4N)C2=O)c1. The zero-order chi connectivity index (χ0) is 25.4. The van der Waals surface area contributed by atoms with Crippen LogP contribution in [0.25, 0.3) is 0 Å². The Bertz CT molecular complexity index is 1240. The highest BCUT2D eigenvalue weighted by molar-refractivity contribution is 6.05. The maximum absolute atomic E-state index is 13.2. The molecule has 10 heteroatoms. The number of hydrogen-bond donors (Lipinski definition) is 3. The van der Waals surface area contributed by atoms with Crippen LogP contribution < -0.4 is 16.0 Å². The van der Waals surface area contributed by atoms with Crippen molar-refractivity contribution >= 4 is 34.9 Å². The van der Waals surface area contributed by atoms with E-state index in [2.05, 4.69) is 10.3 Å². The number of amidine groups is 1. The van der Waals surface area contributed by atoms with E-state index in [1.54, 1.807) is 42.5 Å². The number of aliphatic hydroxyl groups excluding tert-OH is 1. The molecule has 0 aliphatic carbocycles. The third-order valence-corrected chi connectivity index (χ3v) is 6.96. The topological polar surface area (TPSA) is 138 Å². The van der Waals surface area contributed by atoms with Crippen molar-refractivity contribution in [3.63, 3.8) is 0 Å². The van der Waals surface area contributed by atoms with Crippen LogP contribution in [0.5, 0.6) is 0 Å². The summed E-state index contributed by atoms with van der Waals surface area (Å²) in [6.45, 7) is 3.55. The van der Waals surface area contributed by atoms with Crippen molar-refractivity contribution < 1.29 is 24.2 Å². The third kappa shape index (κ3) is 4.45. The van der Waals surface area contributed by atoms with Crippen LogP contribution in [0.15, 0.2) is 47.5 Å². The first-order valence-electron chi connectivity index (χ1n) is 12.1. The van der Waals surface area contributed by atoms with Crippen molar-refractivity contribution in [1.29, 1.82) is 0 Å². The van der Waals surface area contributed by atoms with Crippen LogP contribution in [0, 0.1) is 0 Å². The number of carbonyl (C=O) groups excluding carboxylic acids is 3. The number of nitrogens with one attached hydrogen (secondary N) is 1. The summed E-state index contributed by atoms with van der Waals surface area (Å²) < 4.78 is 5.51. The summed E-state index contributed by atoms with van der Waals surface area (Å²) in [5.74, 6) is -0.919. The number of anilines is 2. The van der Waals surface area contributed by atoms with Gasteiger partial charge >= 0.3 is 0 Å². The molecule has 0 unspecified atom stereocenters. The average Bonchev–Trinajstić information content (AvgIpc) is 3.48. The molecule has 0 saturated carbocycles. The molecule has 0 spiro atoms. The fourth-order valence-electron chi connectivity index (χ4n) is 4.96. The van der Waals surface area contributed by atoms with Gasteiger partial charge in [-0.1, -0.05) is 6.07 Å². The van der Waals surface area contributed by atoms with Gasteiger partial charge in [-0.3, -0.25) is 19.4 Å². The van der Waals surface area contributed by atoms with Crippen molar-refractivity contribution in [2.45, 2.75) is 44.6 Å². The number of nitrogens with zero attached hydrogens (tertiary/aromatic N) is 3. The quantitative estimate of drug-likeness (QED) is 0.576. The molecular formula is C26H29N5O5. The molecule has 2 aromatic rings. The van der Waals surface area contributed by atoms with Crippen molar-refractivity contribution in [1.82, 2.24) is 4.90 Å². The largest absolute Gasteiger partial charge is 0.383 e. The number of rotatable bonds is 5. The van der Waals surface area contributed by atoms with E-state index in [-0.39, 0.29) is 25.1 Å². The van der Waals surface area contributed by atoms with Crippen LogP contribution >= 0.6 is 0 Å². The van der Waals surface area contributed by atoms with Gasteiger partial charge in [-0.05, 0) is 61.7 Å². The van der Waals surface area contributed by atoms with Gasteiger partial charge in [0.2, 0.25) is 0 Å². The molecule has 10 nitrogen and oxygen atoms in total. The lowest BCUT2D eigenvalue weighted by molar-refractivity contribution is -0.150. The number of morpholine rings is 1. The number of aliphatic hydroxyl groups is 1. The number of aliphatic imine (C=N–C) groups is 1. The molecule has 3 amide bonds. The van der Waals surface area contributed by atoms with Crippen LogP contribution in [0.1, 0.15) is 41.3 Å². The minimum Gasteiger partial charge on any atom is -0.383 e. The fourth-order valence-corrected chi connectivity index (χ4v) is 4.96. The fraction of sp³-hybridized carbons (Fsp3) is 0.385. The molecule has 2 aromatic carbocycles. The van der Waals surface area contributed by atoms with Crippen LogP contribution in [-0.2, 0) is 20.9 Å². The highest BCUT2D eigenvalue weighted by Crippen LogP contribution is 2.26. The number of benzene rings is 2. The molecule has 3 atom stereocenters. The van der Waals surface area contributed by atoms with Gasteiger partial charge in [0.25, 0.3) is 17.7 Å². The zero-order valence-electron chi connectivity index (χ0n) is 20.0. The van der Waals surface area contributed by atoms with E-state index in [1.165, 1.54) is 4.90 Å². The molecular weight excluding hydrogens is 462 g/mol.